The van der Waals surface area contributed by atoms with Crippen LogP contribution in [-0.2, 0) is 9.59 Å². The normalized spacial score (nSPS) is 22.1. The lowest BCUT2D eigenvalue weighted by Gasteiger charge is -2.32. The van der Waals surface area contributed by atoms with Crippen LogP contribution in [0.4, 0.5) is 0 Å². The molecule has 0 atom stereocenters. The summed E-state index contributed by atoms with van der Waals surface area (Å²) in [4.78, 5) is 28.2. The number of nitrogens with one attached hydrogen (secondary N) is 1. The molecule has 2 aliphatic heterocycles. The molecule has 120 valence electrons. The molecule has 0 saturated carbocycles. The first-order valence-electron chi connectivity index (χ1n) is 8.48. The third kappa shape index (κ3) is 5.30. The average Bonchev–Trinajstić information content (AvgIpc) is 2.67. The number of rotatable bonds is 5. The van der Waals surface area contributed by atoms with Crippen molar-refractivity contribution in [1.29, 1.82) is 0 Å². The molecule has 0 aromatic heterocycles. The Kier molecular flexibility index (Phi) is 6.49. The maximum Gasteiger partial charge on any atom is 0.239 e. The van der Waals surface area contributed by atoms with Crippen LogP contribution < -0.4 is 5.32 Å². The van der Waals surface area contributed by atoms with Gasteiger partial charge in [0.1, 0.15) is 0 Å². The molecule has 0 spiro atoms. The van der Waals surface area contributed by atoms with E-state index in [0.29, 0.717) is 6.42 Å². The SMILES string of the molecule is CCCN1CCC(NC(=O)CN2CCCCCC2=O)CC1. The van der Waals surface area contributed by atoms with Gasteiger partial charge in [-0.15, -0.1) is 0 Å². The van der Waals surface area contributed by atoms with Gasteiger partial charge in [0.2, 0.25) is 11.8 Å². The largest absolute Gasteiger partial charge is 0.352 e. The zero-order chi connectivity index (χ0) is 15.1. The second-order valence-corrected chi connectivity index (χ2v) is 6.31. The molecule has 2 rings (SSSR count). The van der Waals surface area contributed by atoms with Gasteiger partial charge in [0.05, 0.1) is 6.54 Å². The van der Waals surface area contributed by atoms with Crippen LogP contribution in [-0.4, -0.2) is 60.4 Å². The minimum absolute atomic E-state index is 0.0131. The molecule has 5 nitrogen and oxygen atoms in total. The van der Waals surface area contributed by atoms with Gasteiger partial charge >= 0.3 is 0 Å². The van der Waals surface area contributed by atoms with Crippen LogP contribution in [0.15, 0.2) is 0 Å². The molecule has 2 fully saturated rings. The standard InChI is InChI=1S/C16H29N3O2/c1-2-9-18-11-7-14(8-12-18)17-15(20)13-19-10-5-3-4-6-16(19)21/h14H,2-13H2,1H3,(H,17,20). The third-order valence-corrected chi connectivity index (χ3v) is 4.50. The van der Waals surface area contributed by atoms with Gasteiger partial charge in [-0.05, 0) is 38.6 Å². The second-order valence-electron chi connectivity index (χ2n) is 6.31. The van der Waals surface area contributed by atoms with E-state index in [1.165, 1.54) is 6.42 Å². The molecule has 21 heavy (non-hydrogen) atoms. The van der Waals surface area contributed by atoms with Crippen LogP contribution in [0, 0.1) is 0 Å². The molecule has 0 unspecified atom stereocenters. The number of hydrogen-bond acceptors (Lipinski definition) is 3. The van der Waals surface area contributed by atoms with Crippen molar-refractivity contribution in [3.63, 3.8) is 0 Å². The van der Waals surface area contributed by atoms with Crippen molar-refractivity contribution in [2.24, 2.45) is 0 Å². The molecule has 2 amide bonds. The number of amides is 2. The molecule has 0 aliphatic carbocycles. The number of carbonyl (C=O) groups excluding carboxylic acids is 2. The Balaban J connectivity index is 1.71. The highest BCUT2D eigenvalue weighted by molar-refractivity contribution is 5.85. The summed E-state index contributed by atoms with van der Waals surface area (Å²) in [5.74, 6) is 0.152. The Morgan fingerprint density at radius 1 is 1.19 bits per heavy atom. The van der Waals surface area contributed by atoms with Crippen molar-refractivity contribution in [2.45, 2.75) is 57.9 Å². The van der Waals surface area contributed by atoms with Crippen molar-refractivity contribution >= 4 is 11.8 Å². The fourth-order valence-corrected chi connectivity index (χ4v) is 3.27. The molecule has 0 bridgehead atoms. The molecular weight excluding hydrogens is 266 g/mol. The third-order valence-electron chi connectivity index (χ3n) is 4.50. The molecule has 2 aliphatic rings. The number of piperidine rings is 1. The lowest BCUT2D eigenvalue weighted by molar-refractivity contribution is -0.135. The van der Waals surface area contributed by atoms with Gasteiger partial charge < -0.3 is 15.1 Å². The average molecular weight is 295 g/mol. The summed E-state index contributed by atoms with van der Waals surface area (Å²) >= 11 is 0. The molecule has 2 heterocycles. The van der Waals surface area contributed by atoms with E-state index >= 15 is 0 Å². The van der Waals surface area contributed by atoms with Crippen LogP contribution >= 0.6 is 0 Å². The van der Waals surface area contributed by atoms with Gasteiger partial charge in [0, 0.05) is 32.1 Å². The Morgan fingerprint density at radius 3 is 2.67 bits per heavy atom. The van der Waals surface area contributed by atoms with Gasteiger partial charge in [-0.2, -0.15) is 0 Å². The highest BCUT2D eigenvalue weighted by Gasteiger charge is 2.23. The van der Waals surface area contributed by atoms with E-state index in [0.717, 1.165) is 58.3 Å². The van der Waals surface area contributed by atoms with E-state index in [9.17, 15) is 9.59 Å². The zero-order valence-corrected chi connectivity index (χ0v) is 13.3. The van der Waals surface area contributed by atoms with E-state index in [1.807, 2.05) is 0 Å². The second kappa shape index (κ2) is 8.37. The van der Waals surface area contributed by atoms with Crippen molar-refractivity contribution in [2.75, 3.05) is 32.7 Å². The highest BCUT2D eigenvalue weighted by atomic mass is 16.2. The van der Waals surface area contributed by atoms with Gasteiger partial charge in [-0.1, -0.05) is 13.3 Å². The van der Waals surface area contributed by atoms with Crippen LogP contribution in [0.25, 0.3) is 0 Å². The van der Waals surface area contributed by atoms with E-state index in [4.69, 9.17) is 0 Å². The van der Waals surface area contributed by atoms with Crippen LogP contribution in [0.3, 0.4) is 0 Å². The first-order valence-corrected chi connectivity index (χ1v) is 8.48. The lowest BCUT2D eigenvalue weighted by atomic mass is 10.0. The predicted molar refractivity (Wildman–Crippen MR) is 82.9 cm³/mol. The first kappa shape index (κ1) is 16.3. The summed E-state index contributed by atoms with van der Waals surface area (Å²) in [6.07, 6.45) is 6.93. The Morgan fingerprint density at radius 2 is 1.95 bits per heavy atom. The molecule has 0 radical (unpaired) electrons. The minimum Gasteiger partial charge on any atom is -0.352 e. The fraction of sp³-hybridized carbons (Fsp3) is 0.875. The summed E-state index contributed by atoms with van der Waals surface area (Å²) in [6.45, 7) is 6.48. The topological polar surface area (TPSA) is 52.7 Å². The zero-order valence-electron chi connectivity index (χ0n) is 13.3. The Bertz CT molecular complexity index is 351. The number of likely N-dealkylation sites (tertiary alicyclic amines) is 2. The smallest absolute Gasteiger partial charge is 0.239 e. The van der Waals surface area contributed by atoms with E-state index in [-0.39, 0.29) is 24.4 Å². The van der Waals surface area contributed by atoms with Gasteiger partial charge in [-0.25, -0.2) is 0 Å². The summed E-state index contributed by atoms with van der Waals surface area (Å²) in [6, 6.07) is 0.285. The van der Waals surface area contributed by atoms with Crippen molar-refractivity contribution in [3.05, 3.63) is 0 Å². The van der Waals surface area contributed by atoms with Crippen LogP contribution in [0.1, 0.15) is 51.9 Å². The highest BCUT2D eigenvalue weighted by Crippen LogP contribution is 2.12. The quantitative estimate of drug-likeness (QED) is 0.833. The van der Waals surface area contributed by atoms with E-state index in [1.54, 1.807) is 4.90 Å². The van der Waals surface area contributed by atoms with Gasteiger partial charge in [0.25, 0.3) is 0 Å². The van der Waals surface area contributed by atoms with Crippen LogP contribution in [0.5, 0.6) is 0 Å². The maximum atomic E-state index is 12.1. The number of nitrogens with zero attached hydrogens (tertiary/aromatic N) is 2. The molecule has 1 N–H and O–H groups in total. The molecule has 0 aromatic rings. The number of hydrogen-bond donors (Lipinski definition) is 1. The van der Waals surface area contributed by atoms with Crippen molar-refractivity contribution < 1.29 is 9.59 Å². The lowest BCUT2D eigenvalue weighted by Crippen LogP contribution is -2.48. The van der Waals surface area contributed by atoms with Gasteiger partial charge in [-0.3, -0.25) is 9.59 Å². The number of carbonyl (C=O) groups is 2. The van der Waals surface area contributed by atoms with Crippen molar-refractivity contribution in [3.8, 4) is 0 Å². The molecule has 2 saturated heterocycles. The van der Waals surface area contributed by atoms with Gasteiger partial charge in [0.15, 0.2) is 0 Å². The fourth-order valence-electron chi connectivity index (χ4n) is 3.27. The Labute approximate surface area is 128 Å². The Hall–Kier alpha value is -1.10. The van der Waals surface area contributed by atoms with E-state index in [2.05, 4.69) is 17.1 Å². The monoisotopic (exact) mass is 295 g/mol. The van der Waals surface area contributed by atoms with Crippen LogP contribution in [0.2, 0.25) is 0 Å². The summed E-state index contributed by atoms with van der Waals surface area (Å²) in [7, 11) is 0. The molecular formula is C16H29N3O2. The van der Waals surface area contributed by atoms with E-state index < -0.39 is 0 Å². The predicted octanol–water partition coefficient (Wildman–Crippen LogP) is 1.38. The minimum atomic E-state index is 0.0131. The summed E-state index contributed by atoms with van der Waals surface area (Å²) in [5.41, 5.74) is 0. The molecule has 0 aromatic carbocycles. The first-order chi connectivity index (χ1) is 10.2. The summed E-state index contributed by atoms with van der Waals surface area (Å²) in [5, 5.41) is 3.11. The van der Waals surface area contributed by atoms with Crippen molar-refractivity contribution in [1.82, 2.24) is 15.1 Å². The summed E-state index contributed by atoms with van der Waals surface area (Å²) < 4.78 is 0. The maximum absolute atomic E-state index is 12.1. The molecule has 5 heteroatoms.